The fraction of sp³-hybridized carbons (Fsp3) is 0.286. The SMILES string of the molecule is CN(Cc1cc(Br)cs1)c1ccc(F)cc1CCN. The summed E-state index contributed by atoms with van der Waals surface area (Å²) in [6.07, 6.45) is 0.686. The summed E-state index contributed by atoms with van der Waals surface area (Å²) in [5.74, 6) is -0.209. The summed E-state index contributed by atoms with van der Waals surface area (Å²) in [5, 5.41) is 2.06. The zero-order valence-corrected chi connectivity index (χ0v) is 13.1. The van der Waals surface area contributed by atoms with Crippen molar-refractivity contribution in [2.45, 2.75) is 13.0 Å². The van der Waals surface area contributed by atoms with Crippen LogP contribution in [0.1, 0.15) is 10.4 Å². The third-order valence-electron chi connectivity index (χ3n) is 2.88. The van der Waals surface area contributed by atoms with Crippen LogP contribution in [0, 0.1) is 5.82 Å². The van der Waals surface area contributed by atoms with Crippen LogP contribution in [0.2, 0.25) is 0 Å². The van der Waals surface area contributed by atoms with E-state index in [4.69, 9.17) is 5.73 Å². The molecule has 0 amide bonds. The molecule has 2 rings (SSSR count). The van der Waals surface area contributed by atoms with Gasteiger partial charge in [0.05, 0.1) is 6.54 Å². The number of benzene rings is 1. The summed E-state index contributed by atoms with van der Waals surface area (Å²) in [7, 11) is 2.01. The van der Waals surface area contributed by atoms with Gasteiger partial charge in [-0.25, -0.2) is 4.39 Å². The van der Waals surface area contributed by atoms with Crippen molar-refractivity contribution >= 4 is 33.0 Å². The molecule has 0 aliphatic rings. The molecule has 0 fully saturated rings. The fourth-order valence-electron chi connectivity index (χ4n) is 2.04. The molecule has 0 saturated carbocycles. The Kier molecular flexibility index (Phi) is 4.96. The minimum Gasteiger partial charge on any atom is -0.369 e. The Bertz CT molecular complexity index is 556. The van der Waals surface area contributed by atoms with Crippen LogP contribution in [0.3, 0.4) is 0 Å². The lowest BCUT2D eigenvalue weighted by molar-refractivity contribution is 0.625. The summed E-state index contributed by atoms with van der Waals surface area (Å²) in [4.78, 5) is 3.39. The van der Waals surface area contributed by atoms with Crippen molar-refractivity contribution in [3.05, 3.63) is 50.4 Å². The van der Waals surface area contributed by atoms with Crippen LogP contribution >= 0.6 is 27.3 Å². The van der Waals surface area contributed by atoms with Crippen LogP contribution in [0.5, 0.6) is 0 Å². The number of nitrogens with two attached hydrogens (primary N) is 1. The van der Waals surface area contributed by atoms with Crippen molar-refractivity contribution < 1.29 is 4.39 Å². The Balaban J connectivity index is 2.20. The van der Waals surface area contributed by atoms with Crippen LogP contribution in [-0.4, -0.2) is 13.6 Å². The second kappa shape index (κ2) is 6.50. The first-order chi connectivity index (χ1) is 9.10. The topological polar surface area (TPSA) is 29.3 Å². The number of anilines is 1. The summed E-state index contributed by atoms with van der Waals surface area (Å²) >= 11 is 5.16. The molecule has 0 atom stereocenters. The van der Waals surface area contributed by atoms with Gasteiger partial charge in [0, 0.05) is 27.5 Å². The number of hydrogen-bond acceptors (Lipinski definition) is 3. The molecule has 0 unspecified atom stereocenters. The molecule has 1 heterocycles. The van der Waals surface area contributed by atoms with Crippen molar-refractivity contribution in [1.82, 2.24) is 0 Å². The monoisotopic (exact) mass is 342 g/mol. The van der Waals surface area contributed by atoms with Gasteiger partial charge in [-0.3, -0.25) is 0 Å². The summed E-state index contributed by atoms with van der Waals surface area (Å²) < 4.78 is 14.4. The number of thiophene rings is 1. The van der Waals surface area contributed by atoms with Gasteiger partial charge in [0.2, 0.25) is 0 Å². The van der Waals surface area contributed by atoms with Crippen LogP contribution in [0.4, 0.5) is 10.1 Å². The van der Waals surface area contributed by atoms with Crippen molar-refractivity contribution in [3.8, 4) is 0 Å². The Labute approximate surface area is 125 Å². The molecule has 1 aromatic carbocycles. The van der Waals surface area contributed by atoms with Crippen molar-refractivity contribution in [3.63, 3.8) is 0 Å². The number of rotatable bonds is 5. The molecule has 0 bridgehead atoms. The Morgan fingerprint density at radius 1 is 1.37 bits per heavy atom. The molecule has 2 aromatic rings. The molecular weight excluding hydrogens is 327 g/mol. The van der Waals surface area contributed by atoms with E-state index in [0.29, 0.717) is 13.0 Å². The van der Waals surface area contributed by atoms with Gasteiger partial charge < -0.3 is 10.6 Å². The molecule has 2 N–H and O–H groups in total. The van der Waals surface area contributed by atoms with Crippen LogP contribution in [0.15, 0.2) is 34.1 Å². The van der Waals surface area contributed by atoms with E-state index < -0.39 is 0 Å². The third kappa shape index (κ3) is 3.78. The normalized spacial score (nSPS) is 10.7. The Morgan fingerprint density at radius 2 is 2.16 bits per heavy atom. The quantitative estimate of drug-likeness (QED) is 0.895. The van der Waals surface area contributed by atoms with Gasteiger partial charge in [-0.15, -0.1) is 11.3 Å². The van der Waals surface area contributed by atoms with Crippen LogP contribution < -0.4 is 10.6 Å². The maximum atomic E-state index is 13.3. The fourth-order valence-corrected chi connectivity index (χ4v) is 3.54. The lowest BCUT2D eigenvalue weighted by atomic mass is 10.1. The molecule has 102 valence electrons. The van der Waals surface area contributed by atoms with E-state index in [9.17, 15) is 4.39 Å². The lowest BCUT2D eigenvalue weighted by Crippen LogP contribution is -2.18. The number of hydrogen-bond donors (Lipinski definition) is 1. The molecule has 2 nitrogen and oxygen atoms in total. The second-order valence-corrected chi connectivity index (χ2v) is 6.31. The van der Waals surface area contributed by atoms with Crippen LogP contribution in [-0.2, 0) is 13.0 Å². The summed E-state index contributed by atoms with van der Waals surface area (Å²) in [5.41, 5.74) is 7.59. The van der Waals surface area contributed by atoms with E-state index in [1.165, 1.54) is 10.9 Å². The number of halogens is 2. The lowest BCUT2D eigenvalue weighted by Gasteiger charge is -2.22. The first-order valence-corrected chi connectivity index (χ1v) is 7.70. The second-order valence-electron chi connectivity index (χ2n) is 4.40. The molecule has 5 heteroatoms. The van der Waals surface area contributed by atoms with E-state index in [0.717, 1.165) is 22.3 Å². The molecule has 0 spiro atoms. The zero-order valence-electron chi connectivity index (χ0n) is 10.7. The largest absolute Gasteiger partial charge is 0.369 e. The summed E-state index contributed by atoms with van der Waals surface area (Å²) in [6.45, 7) is 1.33. The smallest absolute Gasteiger partial charge is 0.123 e. The number of nitrogens with zero attached hydrogens (tertiary/aromatic N) is 1. The highest BCUT2D eigenvalue weighted by molar-refractivity contribution is 9.10. The van der Waals surface area contributed by atoms with Gasteiger partial charge in [0.15, 0.2) is 0 Å². The predicted octanol–water partition coefficient (Wildman–Crippen LogP) is 3.79. The average molecular weight is 343 g/mol. The average Bonchev–Trinajstić information content (AvgIpc) is 2.75. The Morgan fingerprint density at radius 3 is 2.79 bits per heavy atom. The maximum Gasteiger partial charge on any atom is 0.123 e. The molecule has 0 radical (unpaired) electrons. The summed E-state index contributed by atoms with van der Waals surface area (Å²) in [6, 6.07) is 7.00. The first-order valence-electron chi connectivity index (χ1n) is 6.02. The van der Waals surface area contributed by atoms with Crippen molar-refractivity contribution in [1.29, 1.82) is 0 Å². The van der Waals surface area contributed by atoms with Gasteiger partial charge in [0.1, 0.15) is 5.82 Å². The third-order valence-corrected chi connectivity index (χ3v) is 4.56. The van der Waals surface area contributed by atoms with E-state index >= 15 is 0 Å². The van der Waals surface area contributed by atoms with Gasteiger partial charge in [-0.2, -0.15) is 0 Å². The van der Waals surface area contributed by atoms with Crippen LogP contribution in [0.25, 0.3) is 0 Å². The van der Waals surface area contributed by atoms with Gasteiger partial charge in [-0.1, -0.05) is 0 Å². The van der Waals surface area contributed by atoms with E-state index in [1.807, 2.05) is 13.1 Å². The molecule has 0 aliphatic heterocycles. The molecule has 19 heavy (non-hydrogen) atoms. The Hall–Kier alpha value is -0.910. The first kappa shape index (κ1) is 14.5. The molecule has 1 aromatic heterocycles. The maximum absolute atomic E-state index is 13.3. The van der Waals surface area contributed by atoms with Gasteiger partial charge in [-0.05, 0) is 58.7 Å². The minimum atomic E-state index is -0.209. The molecular formula is C14H16BrFN2S. The highest BCUT2D eigenvalue weighted by Gasteiger charge is 2.10. The molecule has 0 aliphatic carbocycles. The standard InChI is InChI=1S/C14H16BrFN2S/c1-18(8-13-7-11(15)9-19-13)14-3-2-12(16)6-10(14)4-5-17/h2-3,6-7,9H,4-5,8,17H2,1H3. The van der Waals surface area contributed by atoms with Crippen molar-refractivity contribution in [2.24, 2.45) is 5.73 Å². The van der Waals surface area contributed by atoms with Gasteiger partial charge >= 0.3 is 0 Å². The van der Waals surface area contributed by atoms with Crippen molar-refractivity contribution in [2.75, 3.05) is 18.5 Å². The highest BCUT2D eigenvalue weighted by atomic mass is 79.9. The minimum absolute atomic E-state index is 0.209. The highest BCUT2D eigenvalue weighted by Crippen LogP contribution is 2.26. The predicted molar refractivity (Wildman–Crippen MR) is 83.3 cm³/mol. The van der Waals surface area contributed by atoms with E-state index in [1.54, 1.807) is 17.4 Å². The zero-order chi connectivity index (χ0) is 13.8. The van der Waals surface area contributed by atoms with E-state index in [-0.39, 0.29) is 5.82 Å². The van der Waals surface area contributed by atoms with E-state index in [2.05, 4.69) is 32.3 Å². The molecule has 0 saturated heterocycles. The van der Waals surface area contributed by atoms with Gasteiger partial charge in [0.25, 0.3) is 0 Å².